The van der Waals surface area contributed by atoms with Crippen LogP contribution in [0, 0.1) is 0 Å². The van der Waals surface area contributed by atoms with Gasteiger partial charge in [-0.15, -0.1) is 0 Å². The van der Waals surface area contributed by atoms with Crippen LogP contribution in [-0.2, 0) is 10.3 Å². The highest BCUT2D eigenvalue weighted by Crippen LogP contribution is 2.32. The number of ketones is 1. The largest absolute Gasteiger partial charge is 0.497 e. The Bertz CT molecular complexity index is 1360. The van der Waals surface area contributed by atoms with E-state index >= 15 is 0 Å². The summed E-state index contributed by atoms with van der Waals surface area (Å²) in [7, 11) is 1.60. The van der Waals surface area contributed by atoms with Gasteiger partial charge in [-0.3, -0.25) is 19.3 Å². The van der Waals surface area contributed by atoms with Gasteiger partial charge in [-0.1, -0.05) is 18.2 Å². The maximum Gasteiger partial charge on any atom is 0.325 e. The SMILES string of the molecule is COc1ccc2cc([C@]3(C)NC(=O)N(CC(=O)c4c[nH]c(C(=O)N5CCCC5)c4)C3=O)ccc2c1. The number of nitrogens with one attached hydrogen (secondary N) is 2. The quantitative estimate of drug-likeness (QED) is 0.421. The molecule has 0 aliphatic carbocycles. The predicted octanol–water partition coefficient (Wildman–Crippen LogP) is 3.06. The number of fused-ring (bicyclic) bond motifs is 1. The van der Waals surface area contributed by atoms with Gasteiger partial charge >= 0.3 is 6.03 Å². The van der Waals surface area contributed by atoms with Crippen molar-refractivity contribution in [3.8, 4) is 5.75 Å². The molecule has 2 aliphatic rings. The number of hydrogen-bond donors (Lipinski definition) is 2. The second-order valence-corrected chi connectivity index (χ2v) is 9.10. The fraction of sp³-hybridized carbons (Fsp3) is 0.308. The normalized spacial score (nSPS) is 19.9. The number of H-pyrrole nitrogens is 1. The van der Waals surface area contributed by atoms with Crippen molar-refractivity contribution in [3.63, 3.8) is 0 Å². The molecule has 3 aromatic rings. The number of aromatic amines is 1. The zero-order chi connectivity index (χ0) is 24.7. The monoisotopic (exact) mass is 474 g/mol. The highest BCUT2D eigenvalue weighted by atomic mass is 16.5. The number of benzene rings is 2. The number of methoxy groups -OCH3 is 1. The summed E-state index contributed by atoms with van der Waals surface area (Å²) in [6.45, 7) is 2.61. The van der Waals surface area contributed by atoms with Gasteiger partial charge in [-0.2, -0.15) is 0 Å². The van der Waals surface area contributed by atoms with Crippen molar-refractivity contribution in [2.45, 2.75) is 25.3 Å². The van der Waals surface area contributed by atoms with Crippen LogP contribution in [-0.4, -0.2) is 65.2 Å². The number of likely N-dealkylation sites (tertiary alicyclic amines) is 1. The molecule has 0 spiro atoms. The number of aromatic nitrogens is 1. The summed E-state index contributed by atoms with van der Waals surface area (Å²) in [5.74, 6) is -0.368. The van der Waals surface area contributed by atoms with Gasteiger partial charge in [0.05, 0.1) is 13.7 Å². The van der Waals surface area contributed by atoms with Crippen molar-refractivity contribution >= 4 is 34.4 Å². The summed E-state index contributed by atoms with van der Waals surface area (Å²) >= 11 is 0. The highest BCUT2D eigenvalue weighted by molar-refractivity contribution is 6.12. The lowest BCUT2D eigenvalue weighted by molar-refractivity contribution is -0.130. The Morgan fingerprint density at radius 1 is 1.03 bits per heavy atom. The van der Waals surface area contributed by atoms with Crippen LogP contribution >= 0.6 is 0 Å². The average Bonchev–Trinajstić information content (AvgIpc) is 3.61. The van der Waals surface area contributed by atoms with Crippen molar-refractivity contribution in [3.05, 3.63) is 65.5 Å². The van der Waals surface area contributed by atoms with Gasteiger partial charge in [-0.25, -0.2) is 4.79 Å². The van der Waals surface area contributed by atoms with E-state index in [1.807, 2.05) is 30.3 Å². The van der Waals surface area contributed by atoms with Crippen LogP contribution < -0.4 is 10.1 Å². The summed E-state index contributed by atoms with van der Waals surface area (Å²) in [5, 5.41) is 4.57. The fourth-order valence-corrected chi connectivity index (χ4v) is 4.70. The maximum absolute atomic E-state index is 13.3. The van der Waals surface area contributed by atoms with E-state index in [-0.39, 0.29) is 11.5 Å². The standard InChI is InChI=1S/C26H26N4O5/c1-26(19-7-5-17-12-20(35-2)8-6-16(17)11-19)24(33)30(25(34)28-26)15-22(31)18-13-21(27-14-18)23(32)29-9-3-4-10-29/h5-8,11-14,27H,3-4,9-10,15H2,1-2H3,(H,28,34)/t26-/m0/s1. The molecule has 3 heterocycles. The number of Topliss-reactive ketones (excluding diaryl/α,β-unsaturated/α-hetero) is 1. The van der Waals surface area contributed by atoms with Crippen molar-refractivity contribution in [2.24, 2.45) is 0 Å². The Kier molecular flexibility index (Phi) is 5.55. The third-order valence-corrected chi connectivity index (χ3v) is 6.83. The molecule has 1 atom stereocenters. The Labute approximate surface area is 202 Å². The second kappa shape index (κ2) is 8.57. The minimum absolute atomic E-state index is 0.155. The molecular weight excluding hydrogens is 448 g/mol. The number of carbonyl (C=O) groups excluding carboxylic acids is 4. The van der Waals surface area contributed by atoms with Crippen molar-refractivity contribution in [2.75, 3.05) is 26.7 Å². The lowest BCUT2D eigenvalue weighted by atomic mass is 9.90. The Morgan fingerprint density at radius 3 is 2.49 bits per heavy atom. The van der Waals surface area contributed by atoms with Crippen LogP contribution in [0.3, 0.4) is 0 Å². The number of carbonyl (C=O) groups is 4. The Morgan fingerprint density at radius 2 is 1.74 bits per heavy atom. The molecule has 9 heteroatoms. The van der Waals surface area contributed by atoms with Crippen LogP contribution in [0.15, 0.2) is 48.7 Å². The number of imide groups is 1. The summed E-state index contributed by atoms with van der Waals surface area (Å²) in [6.07, 6.45) is 3.38. The van der Waals surface area contributed by atoms with Gasteiger partial charge in [0.1, 0.15) is 17.0 Å². The third-order valence-electron chi connectivity index (χ3n) is 6.83. The van der Waals surface area contributed by atoms with Gasteiger partial charge in [0, 0.05) is 24.8 Å². The maximum atomic E-state index is 13.3. The number of ether oxygens (including phenoxy) is 1. The van der Waals surface area contributed by atoms with Crippen LogP contribution in [0.1, 0.15) is 46.2 Å². The lowest BCUT2D eigenvalue weighted by Crippen LogP contribution is -2.41. The molecule has 0 radical (unpaired) electrons. The zero-order valence-corrected chi connectivity index (χ0v) is 19.6. The van der Waals surface area contributed by atoms with E-state index in [0.717, 1.165) is 34.3 Å². The number of amides is 4. The number of nitrogens with zero attached hydrogens (tertiary/aromatic N) is 2. The van der Waals surface area contributed by atoms with Gasteiger partial charge in [0.15, 0.2) is 5.78 Å². The van der Waals surface area contributed by atoms with Gasteiger partial charge in [-0.05, 0) is 60.4 Å². The van der Waals surface area contributed by atoms with E-state index in [1.165, 1.54) is 12.3 Å². The average molecular weight is 475 g/mol. The molecule has 2 saturated heterocycles. The molecule has 2 aromatic carbocycles. The first-order chi connectivity index (χ1) is 16.8. The van der Waals surface area contributed by atoms with Gasteiger partial charge in [0.2, 0.25) is 0 Å². The van der Waals surface area contributed by atoms with E-state index in [2.05, 4.69) is 10.3 Å². The predicted molar refractivity (Wildman–Crippen MR) is 128 cm³/mol. The third kappa shape index (κ3) is 3.92. The van der Waals surface area contributed by atoms with E-state index in [1.54, 1.807) is 25.0 Å². The molecule has 0 saturated carbocycles. The molecule has 2 fully saturated rings. The van der Waals surface area contributed by atoms with Crippen LogP contribution in [0.5, 0.6) is 5.75 Å². The molecule has 180 valence electrons. The summed E-state index contributed by atoms with van der Waals surface area (Å²) in [4.78, 5) is 57.0. The van der Waals surface area contributed by atoms with Crippen molar-refractivity contribution in [1.82, 2.24) is 20.1 Å². The molecule has 2 aliphatic heterocycles. The molecule has 9 nitrogen and oxygen atoms in total. The first-order valence-corrected chi connectivity index (χ1v) is 11.5. The summed E-state index contributed by atoms with van der Waals surface area (Å²) in [5.41, 5.74) is -0.115. The molecule has 5 rings (SSSR count). The minimum Gasteiger partial charge on any atom is -0.497 e. The van der Waals surface area contributed by atoms with Crippen molar-refractivity contribution < 1.29 is 23.9 Å². The minimum atomic E-state index is -1.31. The van der Waals surface area contributed by atoms with Crippen LogP contribution in [0.2, 0.25) is 0 Å². The topological polar surface area (TPSA) is 112 Å². The highest BCUT2D eigenvalue weighted by Gasteiger charge is 2.49. The first-order valence-electron chi connectivity index (χ1n) is 11.5. The zero-order valence-electron chi connectivity index (χ0n) is 19.6. The van der Waals surface area contributed by atoms with E-state index in [0.29, 0.717) is 24.3 Å². The van der Waals surface area contributed by atoms with Gasteiger partial charge in [0.25, 0.3) is 11.8 Å². The fourth-order valence-electron chi connectivity index (χ4n) is 4.70. The molecule has 0 bridgehead atoms. The number of hydrogen-bond acceptors (Lipinski definition) is 5. The molecule has 1 aromatic heterocycles. The van der Waals surface area contributed by atoms with E-state index in [9.17, 15) is 19.2 Å². The smallest absolute Gasteiger partial charge is 0.325 e. The molecular formula is C26H26N4O5. The number of rotatable bonds is 6. The molecule has 4 amide bonds. The number of urea groups is 1. The van der Waals surface area contributed by atoms with E-state index < -0.39 is 29.8 Å². The lowest BCUT2D eigenvalue weighted by Gasteiger charge is -2.22. The molecule has 0 unspecified atom stereocenters. The van der Waals surface area contributed by atoms with Crippen molar-refractivity contribution in [1.29, 1.82) is 0 Å². The summed E-state index contributed by atoms with van der Waals surface area (Å²) in [6, 6.07) is 12.0. The van der Waals surface area contributed by atoms with Crippen LogP contribution in [0.25, 0.3) is 10.8 Å². The second-order valence-electron chi connectivity index (χ2n) is 9.10. The van der Waals surface area contributed by atoms with E-state index in [4.69, 9.17) is 4.74 Å². The molecule has 2 N–H and O–H groups in total. The Hall–Kier alpha value is -4.14. The van der Waals surface area contributed by atoms with Crippen LogP contribution in [0.4, 0.5) is 4.79 Å². The van der Waals surface area contributed by atoms with Gasteiger partial charge < -0.3 is 19.9 Å². The first kappa shape index (κ1) is 22.6. The summed E-state index contributed by atoms with van der Waals surface area (Å²) < 4.78 is 5.26. The molecule has 35 heavy (non-hydrogen) atoms. The Balaban J connectivity index is 1.33.